The molecule has 0 aliphatic heterocycles. The Morgan fingerprint density at radius 3 is 2.49 bits per heavy atom. The van der Waals surface area contributed by atoms with Gasteiger partial charge in [-0.3, -0.25) is 14.7 Å². The quantitative estimate of drug-likeness (QED) is 0.210. The second-order valence-corrected chi connectivity index (χ2v) is 10.4. The minimum Gasteiger partial charge on any atom is -0.426 e. The number of aliphatic hydroxyl groups excluding tert-OH is 1. The van der Waals surface area contributed by atoms with Crippen LogP contribution < -0.4 is 10.1 Å². The lowest BCUT2D eigenvalue weighted by molar-refractivity contribution is -0.148. The zero-order chi connectivity index (χ0) is 27.2. The van der Waals surface area contributed by atoms with Crippen molar-refractivity contribution in [1.29, 1.82) is 0 Å². The molecule has 0 saturated carbocycles. The molecule has 200 valence electrons. The van der Waals surface area contributed by atoms with Gasteiger partial charge in [0.05, 0.1) is 18.2 Å². The minimum absolute atomic E-state index is 0.168. The Morgan fingerprint density at radius 2 is 1.77 bits per heavy atom. The molecule has 1 aliphatic carbocycles. The molecule has 0 saturated heterocycles. The number of aryl methyl sites for hydroxylation is 2. The van der Waals surface area contributed by atoms with E-state index in [0.29, 0.717) is 12.2 Å². The molecule has 8 nitrogen and oxygen atoms in total. The molecule has 1 unspecified atom stereocenters. The van der Waals surface area contributed by atoms with Gasteiger partial charge < -0.3 is 15.2 Å². The number of fused-ring (bicyclic) bond motifs is 1. The molecule has 0 bridgehead atoms. The molecule has 5 rings (SSSR count). The summed E-state index contributed by atoms with van der Waals surface area (Å²) in [7, 11) is 0. The maximum atomic E-state index is 13.3. The number of esters is 1. The van der Waals surface area contributed by atoms with Crippen LogP contribution >= 0.6 is 0 Å². The molecule has 1 amide bonds. The van der Waals surface area contributed by atoms with E-state index in [9.17, 15) is 14.7 Å². The van der Waals surface area contributed by atoms with Crippen LogP contribution in [0, 0.1) is 5.41 Å². The van der Waals surface area contributed by atoms with Crippen LogP contribution in [0.1, 0.15) is 46.9 Å². The number of carbonyl (C=O) groups excluding carboxylic acids is 2. The predicted molar refractivity (Wildman–Crippen MR) is 147 cm³/mol. The van der Waals surface area contributed by atoms with Gasteiger partial charge in [0.2, 0.25) is 0 Å². The van der Waals surface area contributed by atoms with Crippen LogP contribution in [0.4, 0.5) is 0 Å². The van der Waals surface area contributed by atoms with Gasteiger partial charge in [0, 0.05) is 6.04 Å². The summed E-state index contributed by atoms with van der Waals surface area (Å²) in [4.78, 5) is 26.2. The lowest BCUT2D eigenvalue weighted by Crippen LogP contribution is -2.45. The molecular weight excluding hydrogens is 492 g/mol. The Labute approximate surface area is 227 Å². The average molecular weight is 525 g/mol. The van der Waals surface area contributed by atoms with Crippen molar-refractivity contribution in [3.8, 4) is 16.9 Å². The number of nitrogens with zero attached hydrogens (tertiary/aromatic N) is 2. The number of amides is 1. The Hall–Kier alpha value is -4.30. The number of aromatic amines is 1. The van der Waals surface area contributed by atoms with Gasteiger partial charge in [-0.25, -0.2) is 0 Å². The third-order valence-electron chi connectivity index (χ3n) is 7.36. The summed E-state index contributed by atoms with van der Waals surface area (Å²) >= 11 is 0. The summed E-state index contributed by atoms with van der Waals surface area (Å²) in [6, 6.07) is 23.4. The molecule has 8 heteroatoms. The standard InChI is InChI=1S/C31H32N4O4/c1-31(20-36,30(38)39-27-15-14-23-8-5-9-25(23)17-27)18-26(33-29(37)28-19-32-35-34-28)16-21-10-12-24(13-11-21)22-6-3-2-4-7-22/h2-4,6-7,10-15,17,19,26,36H,5,8-9,16,18,20H2,1H3,(H,33,37)(H,32,34,35)/t26-,31?/m1/s1. The number of ether oxygens (including phenoxy) is 1. The van der Waals surface area contributed by atoms with Gasteiger partial charge in [-0.2, -0.15) is 0 Å². The molecule has 1 aliphatic rings. The van der Waals surface area contributed by atoms with Crippen molar-refractivity contribution >= 4 is 11.9 Å². The Morgan fingerprint density at radius 1 is 1.03 bits per heavy atom. The van der Waals surface area contributed by atoms with Gasteiger partial charge in [-0.1, -0.05) is 65.9 Å². The lowest BCUT2D eigenvalue weighted by atomic mass is 9.82. The fourth-order valence-corrected chi connectivity index (χ4v) is 5.09. The van der Waals surface area contributed by atoms with Gasteiger partial charge >= 0.3 is 5.97 Å². The van der Waals surface area contributed by atoms with Crippen LogP contribution in [0.5, 0.6) is 5.75 Å². The van der Waals surface area contributed by atoms with E-state index < -0.39 is 29.9 Å². The smallest absolute Gasteiger partial charge is 0.319 e. The maximum Gasteiger partial charge on any atom is 0.319 e. The number of hydrogen-bond donors (Lipinski definition) is 3. The van der Waals surface area contributed by atoms with E-state index in [4.69, 9.17) is 4.74 Å². The van der Waals surface area contributed by atoms with E-state index in [1.807, 2.05) is 54.6 Å². The van der Waals surface area contributed by atoms with Crippen molar-refractivity contribution in [2.75, 3.05) is 6.61 Å². The zero-order valence-corrected chi connectivity index (χ0v) is 21.9. The molecule has 1 aromatic heterocycles. The largest absolute Gasteiger partial charge is 0.426 e. The fraction of sp³-hybridized carbons (Fsp3) is 0.290. The van der Waals surface area contributed by atoms with Gasteiger partial charge in [-0.15, -0.1) is 5.10 Å². The normalized spacial score (nSPS) is 14.7. The summed E-state index contributed by atoms with van der Waals surface area (Å²) in [5, 5.41) is 23.2. The van der Waals surface area contributed by atoms with Gasteiger partial charge in [0.25, 0.3) is 5.91 Å². The number of nitrogens with one attached hydrogen (secondary N) is 2. The Bertz CT molecular complexity index is 1420. The molecule has 4 aromatic rings. The summed E-state index contributed by atoms with van der Waals surface area (Å²) in [5.74, 6) is -0.455. The number of aliphatic hydroxyl groups is 1. The minimum atomic E-state index is -1.24. The third-order valence-corrected chi connectivity index (χ3v) is 7.36. The number of H-pyrrole nitrogens is 1. The first kappa shape index (κ1) is 26.3. The predicted octanol–water partition coefficient (Wildman–Crippen LogP) is 4.30. The number of carbonyl (C=O) groups is 2. The highest BCUT2D eigenvalue weighted by molar-refractivity contribution is 5.92. The van der Waals surface area contributed by atoms with Crippen molar-refractivity contribution in [1.82, 2.24) is 20.7 Å². The summed E-state index contributed by atoms with van der Waals surface area (Å²) < 4.78 is 5.75. The van der Waals surface area contributed by atoms with Crippen molar-refractivity contribution in [2.24, 2.45) is 5.41 Å². The zero-order valence-electron chi connectivity index (χ0n) is 21.9. The monoisotopic (exact) mass is 524 g/mol. The number of hydrogen-bond acceptors (Lipinski definition) is 6. The molecule has 3 N–H and O–H groups in total. The molecule has 2 atom stereocenters. The second kappa shape index (κ2) is 11.6. The van der Waals surface area contributed by atoms with E-state index in [2.05, 4.69) is 32.9 Å². The third kappa shape index (κ3) is 6.23. The highest BCUT2D eigenvalue weighted by Crippen LogP contribution is 2.31. The molecule has 3 aromatic carbocycles. The first-order valence-electron chi connectivity index (χ1n) is 13.2. The first-order valence-corrected chi connectivity index (χ1v) is 13.2. The number of benzene rings is 3. The van der Waals surface area contributed by atoms with Crippen molar-refractivity contribution in [3.63, 3.8) is 0 Å². The Kier molecular flexibility index (Phi) is 7.84. The van der Waals surface area contributed by atoms with Crippen LogP contribution in [-0.2, 0) is 24.1 Å². The van der Waals surface area contributed by atoms with Crippen molar-refractivity contribution < 1.29 is 19.4 Å². The van der Waals surface area contributed by atoms with Crippen molar-refractivity contribution in [2.45, 2.75) is 45.1 Å². The molecule has 0 fully saturated rings. The van der Waals surface area contributed by atoms with Crippen LogP contribution in [0.2, 0.25) is 0 Å². The first-order chi connectivity index (χ1) is 18.9. The van der Waals surface area contributed by atoms with E-state index in [0.717, 1.165) is 36.0 Å². The average Bonchev–Trinajstić information content (AvgIpc) is 3.66. The topological polar surface area (TPSA) is 117 Å². The van der Waals surface area contributed by atoms with Crippen LogP contribution in [0.25, 0.3) is 11.1 Å². The summed E-state index contributed by atoms with van der Waals surface area (Å²) in [6.45, 7) is 1.24. The van der Waals surface area contributed by atoms with Gasteiger partial charge in [0.1, 0.15) is 11.4 Å². The fourth-order valence-electron chi connectivity index (χ4n) is 5.09. The Balaban J connectivity index is 1.34. The number of rotatable bonds is 10. The van der Waals surface area contributed by atoms with E-state index in [1.54, 1.807) is 13.0 Å². The van der Waals surface area contributed by atoms with E-state index in [-0.39, 0.29) is 12.1 Å². The number of aromatic nitrogens is 3. The summed E-state index contributed by atoms with van der Waals surface area (Å²) in [6.07, 6.45) is 5.06. The lowest BCUT2D eigenvalue weighted by Gasteiger charge is -2.30. The molecule has 0 radical (unpaired) electrons. The van der Waals surface area contributed by atoms with Gasteiger partial charge in [-0.05, 0) is 79.0 Å². The van der Waals surface area contributed by atoms with E-state index >= 15 is 0 Å². The summed E-state index contributed by atoms with van der Waals surface area (Å²) in [5.41, 5.74) is 4.63. The molecular formula is C31H32N4O4. The van der Waals surface area contributed by atoms with Crippen LogP contribution in [0.3, 0.4) is 0 Å². The highest BCUT2D eigenvalue weighted by Gasteiger charge is 2.38. The second-order valence-electron chi connectivity index (χ2n) is 10.4. The van der Waals surface area contributed by atoms with Gasteiger partial charge in [0.15, 0.2) is 0 Å². The molecule has 39 heavy (non-hydrogen) atoms. The molecule has 0 spiro atoms. The van der Waals surface area contributed by atoms with E-state index in [1.165, 1.54) is 17.3 Å². The SMILES string of the molecule is CC(CO)(C[C@@H](Cc1ccc(-c2ccccc2)cc1)NC(=O)c1cnn[nH]1)C(=O)Oc1ccc2c(c1)CCC2. The molecule has 1 heterocycles. The van der Waals surface area contributed by atoms with Crippen LogP contribution in [0.15, 0.2) is 79.0 Å². The van der Waals surface area contributed by atoms with Crippen LogP contribution in [-0.4, -0.2) is 45.0 Å². The van der Waals surface area contributed by atoms with Crippen molar-refractivity contribution in [3.05, 3.63) is 101 Å². The highest BCUT2D eigenvalue weighted by atomic mass is 16.5. The maximum absolute atomic E-state index is 13.3.